The molecule has 1 atom stereocenters. The van der Waals surface area contributed by atoms with Crippen LogP contribution in [0.4, 0.5) is 0 Å². The largest absolute Gasteiger partial charge is 0.309 e. The Morgan fingerprint density at radius 2 is 2.07 bits per heavy atom. The molecule has 0 radical (unpaired) electrons. The molecule has 2 aromatic rings. The maximum atomic E-state index is 6.12. The van der Waals surface area contributed by atoms with E-state index < -0.39 is 0 Å². The normalized spacial score (nSPS) is 12.7. The second-order valence-electron chi connectivity index (χ2n) is 3.14. The van der Waals surface area contributed by atoms with Gasteiger partial charge >= 0.3 is 0 Å². The fourth-order valence-corrected chi connectivity index (χ4v) is 2.82. The summed E-state index contributed by atoms with van der Waals surface area (Å²) in [4.78, 5) is 5.15. The fraction of sp³-hybridized carbons (Fsp3) is 0.182. The Morgan fingerprint density at radius 1 is 1.33 bits per heavy atom. The molecule has 2 aromatic heterocycles. The van der Waals surface area contributed by atoms with Gasteiger partial charge in [-0.15, -0.1) is 11.3 Å². The molecule has 0 aliphatic rings. The summed E-state index contributed by atoms with van der Waals surface area (Å²) in [7, 11) is 1.93. The van der Waals surface area contributed by atoms with Crippen molar-refractivity contribution in [1.29, 1.82) is 0 Å². The summed E-state index contributed by atoms with van der Waals surface area (Å²) >= 11 is 7.78. The van der Waals surface area contributed by atoms with E-state index in [2.05, 4.69) is 10.3 Å². The SMILES string of the molecule is CNC(c1ccncc1)c1sccc1Cl. The van der Waals surface area contributed by atoms with E-state index in [0.29, 0.717) is 0 Å². The van der Waals surface area contributed by atoms with Gasteiger partial charge in [0.2, 0.25) is 0 Å². The fourth-order valence-electron chi connectivity index (χ4n) is 1.52. The highest BCUT2D eigenvalue weighted by molar-refractivity contribution is 7.10. The van der Waals surface area contributed by atoms with Gasteiger partial charge in [0.15, 0.2) is 0 Å². The van der Waals surface area contributed by atoms with Gasteiger partial charge in [-0.2, -0.15) is 0 Å². The second kappa shape index (κ2) is 4.75. The number of pyridine rings is 1. The molecule has 0 fully saturated rings. The van der Waals surface area contributed by atoms with Crippen LogP contribution in [0, 0.1) is 0 Å². The predicted molar refractivity (Wildman–Crippen MR) is 64.5 cm³/mol. The van der Waals surface area contributed by atoms with Crippen LogP contribution >= 0.6 is 22.9 Å². The topological polar surface area (TPSA) is 24.9 Å². The summed E-state index contributed by atoms with van der Waals surface area (Å²) in [6, 6.07) is 6.07. The number of aromatic nitrogens is 1. The van der Waals surface area contributed by atoms with Gasteiger partial charge in [0.1, 0.15) is 0 Å². The van der Waals surface area contributed by atoms with Crippen molar-refractivity contribution in [2.45, 2.75) is 6.04 Å². The van der Waals surface area contributed by atoms with Crippen LogP contribution < -0.4 is 5.32 Å². The van der Waals surface area contributed by atoms with E-state index in [0.717, 1.165) is 9.90 Å². The van der Waals surface area contributed by atoms with Crippen molar-refractivity contribution >= 4 is 22.9 Å². The summed E-state index contributed by atoms with van der Waals surface area (Å²) in [6.07, 6.45) is 3.59. The molecule has 0 bridgehead atoms. The molecule has 4 heteroatoms. The van der Waals surface area contributed by atoms with Gasteiger partial charge in [-0.3, -0.25) is 4.98 Å². The number of nitrogens with one attached hydrogen (secondary N) is 1. The number of hydrogen-bond donors (Lipinski definition) is 1. The standard InChI is InChI=1S/C11H11ClN2S/c1-13-10(8-2-5-14-6-3-8)11-9(12)4-7-15-11/h2-7,10,13H,1H3. The van der Waals surface area contributed by atoms with Crippen molar-refractivity contribution in [3.63, 3.8) is 0 Å². The minimum absolute atomic E-state index is 0.153. The third kappa shape index (κ3) is 2.20. The van der Waals surface area contributed by atoms with Crippen molar-refractivity contribution in [3.8, 4) is 0 Å². The third-order valence-electron chi connectivity index (χ3n) is 2.24. The predicted octanol–water partition coefficient (Wildman–Crippen LogP) is 3.11. The number of thiophene rings is 1. The maximum absolute atomic E-state index is 6.12. The van der Waals surface area contributed by atoms with E-state index in [1.54, 1.807) is 23.7 Å². The van der Waals surface area contributed by atoms with Gasteiger partial charge in [0.25, 0.3) is 0 Å². The van der Waals surface area contributed by atoms with E-state index in [9.17, 15) is 0 Å². The summed E-state index contributed by atoms with van der Waals surface area (Å²) < 4.78 is 0. The van der Waals surface area contributed by atoms with Gasteiger partial charge in [0.05, 0.1) is 11.1 Å². The first-order valence-electron chi connectivity index (χ1n) is 4.63. The zero-order valence-corrected chi connectivity index (χ0v) is 9.85. The molecule has 0 amide bonds. The van der Waals surface area contributed by atoms with E-state index >= 15 is 0 Å². The molecule has 0 spiro atoms. The summed E-state index contributed by atoms with van der Waals surface area (Å²) in [5.74, 6) is 0. The van der Waals surface area contributed by atoms with E-state index in [1.807, 2.05) is 30.6 Å². The molecular weight excluding hydrogens is 228 g/mol. The summed E-state index contributed by atoms with van der Waals surface area (Å²) in [5.41, 5.74) is 1.18. The van der Waals surface area contributed by atoms with Crippen LogP contribution in [-0.2, 0) is 0 Å². The smallest absolute Gasteiger partial charge is 0.0684 e. The minimum Gasteiger partial charge on any atom is -0.309 e. The zero-order valence-electron chi connectivity index (χ0n) is 8.27. The van der Waals surface area contributed by atoms with Crippen molar-refractivity contribution in [2.24, 2.45) is 0 Å². The first-order valence-corrected chi connectivity index (χ1v) is 5.88. The Balaban J connectivity index is 2.37. The first-order chi connectivity index (χ1) is 7.33. The first kappa shape index (κ1) is 10.6. The van der Waals surface area contributed by atoms with Gasteiger partial charge in [0, 0.05) is 17.3 Å². The minimum atomic E-state index is 0.153. The molecule has 0 aromatic carbocycles. The van der Waals surface area contributed by atoms with E-state index in [-0.39, 0.29) is 6.04 Å². The Kier molecular flexibility index (Phi) is 3.36. The van der Waals surface area contributed by atoms with Crippen LogP contribution in [0.25, 0.3) is 0 Å². The Morgan fingerprint density at radius 3 is 2.60 bits per heavy atom. The van der Waals surface area contributed by atoms with E-state index in [1.165, 1.54) is 5.56 Å². The number of rotatable bonds is 3. The van der Waals surface area contributed by atoms with Crippen LogP contribution in [-0.4, -0.2) is 12.0 Å². The highest BCUT2D eigenvalue weighted by Gasteiger charge is 2.15. The molecule has 15 heavy (non-hydrogen) atoms. The van der Waals surface area contributed by atoms with Gasteiger partial charge in [-0.25, -0.2) is 0 Å². The lowest BCUT2D eigenvalue weighted by molar-refractivity contribution is 0.703. The van der Waals surface area contributed by atoms with Crippen molar-refractivity contribution < 1.29 is 0 Å². The van der Waals surface area contributed by atoms with Gasteiger partial charge < -0.3 is 5.32 Å². The molecule has 1 unspecified atom stereocenters. The molecule has 2 heterocycles. The maximum Gasteiger partial charge on any atom is 0.0684 e. The molecule has 78 valence electrons. The highest BCUT2D eigenvalue weighted by atomic mass is 35.5. The molecule has 0 saturated heterocycles. The van der Waals surface area contributed by atoms with Crippen molar-refractivity contribution in [1.82, 2.24) is 10.3 Å². The zero-order chi connectivity index (χ0) is 10.7. The third-order valence-corrected chi connectivity index (χ3v) is 3.66. The number of hydrogen-bond acceptors (Lipinski definition) is 3. The molecule has 0 aliphatic carbocycles. The molecular formula is C11H11ClN2S. The Labute approximate surface area is 97.9 Å². The average Bonchev–Trinajstić information content (AvgIpc) is 2.68. The monoisotopic (exact) mass is 238 g/mol. The average molecular weight is 239 g/mol. The summed E-state index contributed by atoms with van der Waals surface area (Å²) in [5, 5.41) is 6.08. The van der Waals surface area contributed by atoms with Crippen LogP contribution in [0.3, 0.4) is 0 Å². The molecule has 0 aliphatic heterocycles. The van der Waals surface area contributed by atoms with E-state index in [4.69, 9.17) is 11.6 Å². The quantitative estimate of drug-likeness (QED) is 0.889. The van der Waals surface area contributed by atoms with Crippen LogP contribution in [0.1, 0.15) is 16.5 Å². The Bertz CT molecular complexity index is 427. The van der Waals surface area contributed by atoms with Crippen molar-refractivity contribution in [3.05, 3.63) is 51.4 Å². The lowest BCUT2D eigenvalue weighted by atomic mass is 10.1. The van der Waals surface area contributed by atoms with Crippen molar-refractivity contribution in [2.75, 3.05) is 7.05 Å². The second-order valence-corrected chi connectivity index (χ2v) is 4.49. The van der Waals surface area contributed by atoms with Crippen LogP contribution in [0.5, 0.6) is 0 Å². The van der Waals surface area contributed by atoms with Gasteiger partial charge in [-0.05, 0) is 36.2 Å². The number of nitrogens with zero attached hydrogens (tertiary/aromatic N) is 1. The van der Waals surface area contributed by atoms with Gasteiger partial charge in [-0.1, -0.05) is 11.6 Å². The lowest BCUT2D eigenvalue weighted by Crippen LogP contribution is -2.16. The summed E-state index contributed by atoms with van der Waals surface area (Å²) in [6.45, 7) is 0. The van der Waals surface area contributed by atoms with Crippen LogP contribution in [0.15, 0.2) is 36.0 Å². The number of halogens is 1. The Hall–Kier alpha value is -0.900. The lowest BCUT2D eigenvalue weighted by Gasteiger charge is -2.15. The molecule has 2 rings (SSSR count). The molecule has 1 N–H and O–H groups in total. The highest BCUT2D eigenvalue weighted by Crippen LogP contribution is 2.32. The molecule has 0 saturated carbocycles. The van der Waals surface area contributed by atoms with Crippen LogP contribution in [0.2, 0.25) is 5.02 Å². The molecule has 2 nitrogen and oxygen atoms in total.